The van der Waals surface area contributed by atoms with E-state index in [1.807, 2.05) is 6.92 Å². The Labute approximate surface area is 87.1 Å². The first kappa shape index (κ1) is 11.6. The van der Waals surface area contributed by atoms with Gasteiger partial charge in [0.05, 0.1) is 12.6 Å². The predicted molar refractivity (Wildman–Crippen MR) is 52.9 cm³/mol. The van der Waals surface area contributed by atoms with Gasteiger partial charge in [0.25, 0.3) is 0 Å². The molecule has 1 aromatic rings. The zero-order chi connectivity index (χ0) is 11.3. The molecule has 0 saturated carbocycles. The molecule has 1 unspecified atom stereocenters. The van der Waals surface area contributed by atoms with Crippen molar-refractivity contribution in [2.45, 2.75) is 19.4 Å². The van der Waals surface area contributed by atoms with Crippen LogP contribution in [0.2, 0.25) is 0 Å². The molecule has 15 heavy (non-hydrogen) atoms. The van der Waals surface area contributed by atoms with Crippen LogP contribution in [0.1, 0.15) is 24.9 Å². The molecule has 0 aliphatic carbocycles. The third kappa shape index (κ3) is 4.03. The molecule has 0 radical (unpaired) electrons. The molecule has 1 atom stereocenters. The highest BCUT2D eigenvalue weighted by molar-refractivity contribution is 5.66. The molecule has 0 saturated heterocycles. The molecule has 1 aromatic heterocycles. The number of nitrogens with zero attached hydrogens (tertiary/aromatic N) is 1. The van der Waals surface area contributed by atoms with Crippen molar-refractivity contribution in [3.05, 3.63) is 29.8 Å². The first-order valence-electron chi connectivity index (χ1n) is 4.65. The highest BCUT2D eigenvalue weighted by atomic mass is 19.1. The minimum atomic E-state index is -0.855. The van der Waals surface area contributed by atoms with Crippen LogP contribution < -0.4 is 5.32 Å². The molecule has 1 heterocycles. The van der Waals surface area contributed by atoms with E-state index in [4.69, 9.17) is 5.11 Å². The summed E-state index contributed by atoms with van der Waals surface area (Å²) in [4.78, 5) is 14.0. The Bertz CT molecular complexity index is 344. The molecule has 0 spiro atoms. The maximum atomic E-state index is 12.8. The third-order valence-corrected chi connectivity index (χ3v) is 2.02. The summed E-state index contributed by atoms with van der Waals surface area (Å²) in [6.07, 6.45) is 2.74. The molecule has 0 aliphatic rings. The second kappa shape index (κ2) is 5.41. The molecule has 4 nitrogen and oxygen atoms in total. The largest absolute Gasteiger partial charge is 0.481 e. The van der Waals surface area contributed by atoms with Gasteiger partial charge in [-0.3, -0.25) is 9.78 Å². The fourth-order valence-electron chi connectivity index (χ4n) is 1.18. The number of carboxylic acids is 1. The molecule has 0 aliphatic heterocycles. The molecule has 0 fully saturated rings. The van der Waals surface area contributed by atoms with Gasteiger partial charge in [0.1, 0.15) is 5.82 Å². The smallest absolute Gasteiger partial charge is 0.304 e. The normalized spacial score (nSPS) is 12.4. The van der Waals surface area contributed by atoms with Crippen molar-refractivity contribution in [1.29, 1.82) is 0 Å². The molecule has 0 amide bonds. The van der Waals surface area contributed by atoms with Crippen LogP contribution in [-0.4, -0.2) is 22.6 Å². The van der Waals surface area contributed by atoms with Crippen molar-refractivity contribution >= 4 is 5.97 Å². The van der Waals surface area contributed by atoms with E-state index in [0.717, 1.165) is 6.20 Å². The molecule has 5 heteroatoms. The van der Waals surface area contributed by atoms with E-state index in [1.165, 1.54) is 6.07 Å². The van der Waals surface area contributed by atoms with Crippen LogP contribution in [0.15, 0.2) is 18.5 Å². The Morgan fingerprint density at radius 2 is 2.40 bits per heavy atom. The van der Waals surface area contributed by atoms with Crippen molar-refractivity contribution in [3.8, 4) is 0 Å². The van der Waals surface area contributed by atoms with E-state index in [1.54, 1.807) is 6.20 Å². The Hall–Kier alpha value is -1.49. The van der Waals surface area contributed by atoms with Crippen molar-refractivity contribution in [2.24, 2.45) is 0 Å². The van der Waals surface area contributed by atoms with Gasteiger partial charge in [-0.05, 0) is 18.6 Å². The minimum absolute atomic E-state index is 0.0487. The lowest BCUT2D eigenvalue weighted by atomic mass is 10.1. The number of aromatic nitrogens is 1. The van der Waals surface area contributed by atoms with Gasteiger partial charge in [-0.15, -0.1) is 0 Å². The van der Waals surface area contributed by atoms with Gasteiger partial charge in [0.2, 0.25) is 0 Å². The second-order valence-corrected chi connectivity index (χ2v) is 3.26. The number of carbonyl (C=O) groups is 1. The lowest BCUT2D eigenvalue weighted by Gasteiger charge is -2.12. The second-order valence-electron chi connectivity index (χ2n) is 3.26. The summed E-state index contributed by atoms with van der Waals surface area (Å²) in [5.41, 5.74) is 0.709. The van der Waals surface area contributed by atoms with Crippen molar-refractivity contribution in [3.63, 3.8) is 0 Å². The number of pyridine rings is 1. The molecular weight excluding hydrogens is 199 g/mol. The van der Waals surface area contributed by atoms with E-state index in [-0.39, 0.29) is 18.3 Å². The van der Waals surface area contributed by atoms with E-state index in [0.29, 0.717) is 12.1 Å². The molecular formula is C10H13FN2O2. The Morgan fingerprint density at radius 3 is 3.00 bits per heavy atom. The zero-order valence-corrected chi connectivity index (χ0v) is 8.40. The predicted octanol–water partition coefficient (Wildman–Crippen LogP) is 1.35. The van der Waals surface area contributed by atoms with Crippen LogP contribution in [0.3, 0.4) is 0 Å². The van der Waals surface area contributed by atoms with Crippen LogP contribution >= 0.6 is 0 Å². The van der Waals surface area contributed by atoms with Crippen LogP contribution in [0.5, 0.6) is 0 Å². The van der Waals surface area contributed by atoms with Gasteiger partial charge < -0.3 is 10.4 Å². The van der Waals surface area contributed by atoms with E-state index in [9.17, 15) is 9.18 Å². The van der Waals surface area contributed by atoms with Crippen molar-refractivity contribution < 1.29 is 14.3 Å². The average molecular weight is 212 g/mol. The number of halogens is 1. The summed E-state index contributed by atoms with van der Waals surface area (Å²) in [6, 6.07) is 1.28. The third-order valence-electron chi connectivity index (χ3n) is 2.02. The van der Waals surface area contributed by atoms with E-state index < -0.39 is 5.97 Å². The number of nitrogens with one attached hydrogen (secondary N) is 1. The summed E-state index contributed by atoms with van der Waals surface area (Å²) in [7, 11) is 0. The Kier molecular flexibility index (Phi) is 4.17. The molecule has 82 valence electrons. The molecule has 1 rings (SSSR count). The van der Waals surface area contributed by atoms with Crippen LogP contribution in [0.4, 0.5) is 4.39 Å². The minimum Gasteiger partial charge on any atom is -0.481 e. The summed E-state index contributed by atoms with van der Waals surface area (Å²) in [5.74, 6) is -1.24. The molecule has 2 N–H and O–H groups in total. The van der Waals surface area contributed by atoms with E-state index in [2.05, 4.69) is 10.3 Å². The van der Waals surface area contributed by atoms with Crippen LogP contribution in [0.25, 0.3) is 0 Å². The average Bonchev–Trinajstić information content (AvgIpc) is 2.17. The first-order chi connectivity index (χ1) is 7.09. The van der Waals surface area contributed by atoms with Gasteiger partial charge in [0.15, 0.2) is 0 Å². The monoisotopic (exact) mass is 212 g/mol. The lowest BCUT2D eigenvalue weighted by Crippen LogP contribution is -2.22. The maximum absolute atomic E-state index is 12.8. The number of carboxylic acid groups (broad SMARTS) is 1. The Morgan fingerprint density at radius 1 is 1.67 bits per heavy atom. The van der Waals surface area contributed by atoms with Crippen LogP contribution in [0, 0.1) is 5.82 Å². The fourth-order valence-corrected chi connectivity index (χ4v) is 1.18. The summed E-state index contributed by atoms with van der Waals surface area (Å²) < 4.78 is 12.8. The van der Waals surface area contributed by atoms with Gasteiger partial charge >= 0.3 is 5.97 Å². The summed E-state index contributed by atoms with van der Waals surface area (Å²) >= 11 is 0. The number of hydrogen-bond acceptors (Lipinski definition) is 3. The van der Waals surface area contributed by atoms with Crippen LogP contribution in [-0.2, 0) is 4.79 Å². The lowest BCUT2D eigenvalue weighted by molar-refractivity contribution is -0.136. The first-order valence-corrected chi connectivity index (χ1v) is 4.65. The zero-order valence-electron chi connectivity index (χ0n) is 8.40. The molecule has 0 aromatic carbocycles. The summed E-state index contributed by atoms with van der Waals surface area (Å²) in [6.45, 7) is 2.19. The van der Waals surface area contributed by atoms with Gasteiger partial charge in [0, 0.05) is 18.8 Å². The maximum Gasteiger partial charge on any atom is 0.304 e. The van der Waals surface area contributed by atoms with E-state index >= 15 is 0 Å². The number of rotatable bonds is 5. The van der Waals surface area contributed by atoms with Crippen molar-refractivity contribution in [2.75, 3.05) is 6.54 Å². The number of hydrogen-bond donors (Lipinski definition) is 2. The highest BCUT2D eigenvalue weighted by Gasteiger charge is 2.06. The van der Waals surface area contributed by atoms with Gasteiger partial charge in [-0.2, -0.15) is 0 Å². The van der Waals surface area contributed by atoms with Gasteiger partial charge in [-0.25, -0.2) is 4.39 Å². The Balaban J connectivity index is 2.46. The quantitative estimate of drug-likeness (QED) is 0.773. The highest BCUT2D eigenvalue weighted by Crippen LogP contribution is 2.11. The fraction of sp³-hybridized carbons (Fsp3) is 0.400. The standard InChI is InChI=1S/C10H13FN2O2/c1-7(13-3-2-10(14)15)8-4-9(11)6-12-5-8/h4-7,13H,2-3H2,1H3,(H,14,15). The van der Waals surface area contributed by atoms with Gasteiger partial charge in [-0.1, -0.05) is 0 Å². The topological polar surface area (TPSA) is 62.2 Å². The summed E-state index contributed by atoms with van der Waals surface area (Å²) in [5, 5.41) is 11.4. The number of aliphatic carboxylic acids is 1. The molecule has 0 bridgehead atoms. The van der Waals surface area contributed by atoms with Crippen molar-refractivity contribution in [1.82, 2.24) is 10.3 Å². The SMILES string of the molecule is CC(NCCC(=O)O)c1cncc(F)c1.